The molecule has 0 radical (unpaired) electrons. The zero-order chi connectivity index (χ0) is 11.7. The highest BCUT2D eigenvalue weighted by Gasteiger charge is 2.33. The standard InChI is InChI=1S/C11H6INO3/c12-8-7(10(15)13-11(8)16)9(14)6-4-2-1-3-5-6/h1-5H,(H,13,15,16). The van der Waals surface area contributed by atoms with Crippen LogP contribution in [0.25, 0.3) is 0 Å². The number of imide groups is 1. The van der Waals surface area contributed by atoms with E-state index in [0.29, 0.717) is 5.56 Å². The minimum absolute atomic E-state index is 0.0724. The Morgan fingerprint density at radius 2 is 1.69 bits per heavy atom. The predicted molar refractivity (Wildman–Crippen MR) is 65.0 cm³/mol. The van der Waals surface area contributed by atoms with Crippen LogP contribution in [0.15, 0.2) is 39.5 Å². The van der Waals surface area contributed by atoms with Crippen molar-refractivity contribution in [2.45, 2.75) is 0 Å². The van der Waals surface area contributed by atoms with Crippen molar-refractivity contribution in [2.24, 2.45) is 0 Å². The van der Waals surface area contributed by atoms with Crippen LogP contribution in [0.2, 0.25) is 0 Å². The molecule has 1 heterocycles. The van der Waals surface area contributed by atoms with Gasteiger partial charge in [0.2, 0.25) is 0 Å². The number of carbonyl (C=O) groups excluding carboxylic acids is 3. The van der Waals surface area contributed by atoms with Crippen molar-refractivity contribution >= 4 is 40.2 Å². The molecule has 80 valence electrons. The molecule has 0 spiro atoms. The van der Waals surface area contributed by atoms with E-state index in [1.807, 2.05) is 0 Å². The summed E-state index contributed by atoms with van der Waals surface area (Å²) >= 11 is 1.70. The average Bonchev–Trinajstić information content (AvgIpc) is 2.54. The van der Waals surface area contributed by atoms with Gasteiger partial charge in [-0.1, -0.05) is 30.3 Å². The first-order chi connectivity index (χ1) is 7.61. The molecule has 1 N–H and O–H groups in total. The van der Waals surface area contributed by atoms with Crippen molar-refractivity contribution in [3.05, 3.63) is 45.0 Å². The van der Waals surface area contributed by atoms with E-state index in [9.17, 15) is 14.4 Å². The third-order valence-electron chi connectivity index (χ3n) is 2.14. The van der Waals surface area contributed by atoms with Gasteiger partial charge in [-0.2, -0.15) is 0 Å². The number of amides is 2. The van der Waals surface area contributed by atoms with Gasteiger partial charge in [0.05, 0.1) is 3.58 Å². The van der Waals surface area contributed by atoms with Crippen molar-refractivity contribution in [1.82, 2.24) is 5.32 Å². The van der Waals surface area contributed by atoms with Gasteiger partial charge in [-0.25, -0.2) is 0 Å². The van der Waals surface area contributed by atoms with Crippen LogP contribution in [-0.4, -0.2) is 17.6 Å². The summed E-state index contributed by atoms with van der Waals surface area (Å²) in [7, 11) is 0. The molecule has 0 aliphatic carbocycles. The molecule has 5 heteroatoms. The quantitative estimate of drug-likeness (QED) is 0.384. The lowest BCUT2D eigenvalue weighted by atomic mass is 10.0. The molecule has 1 aliphatic heterocycles. The fraction of sp³-hybridized carbons (Fsp3) is 0. The molecule has 4 nitrogen and oxygen atoms in total. The maximum Gasteiger partial charge on any atom is 0.265 e. The maximum absolute atomic E-state index is 11.9. The van der Waals surface area contributed by atoms with Crippen LogP contribution < -0.4 is 5.32 Å². The number of hydrogen-bond acceptors (Lipinski definition) is 3. The molecule has 1 aliphatic rings. The Kier molecular flexibility index (Phi) is 2.86. The van der Waals surface area contributed by atoms with Gasteiger partial charge in [0.1, 0.15) is 5.57 Å². The van der Waals surface area contributed by atoms with Gasteiger partial charge >= 0.3 is 0 Å². The SMILES string of the molecule is O=C1NC(=O)C(C(=O)c2ccccc2)=C1I. The molecule has 0 saturated heterocycles. The fourth-order valence-electron chi connectivity index (χ4n) is 1.37. The molecule has 0 aromatic heterocycles. The molecular formula is C11H6INO3. The molecule has 0 atom stereocenters. The summed E-state index contributed by atoms with van der Waals surface area (Å²) in [5, 5.41) is 2.09. The Hall–Kier alpha value is -1.50. The van der Waals surface area contributed by atoms with E-state index in [1.54, 1.807) is 52.9 Å². The summed E-state index contributed by atoms with van der Waals surface area (Å²) in [6.45, 7) is 0. The van der Waals surface area contributed by atoms with Crippen LogP contribution >= 0.6 is 22.6 Å². The highest BCUT2D eigenvalue weighted by atomic mass is 127. The summed E-state index contributed by atoms with van der Waals surface area (Å²) in [6, 6.07) is 8.39. The molecule has 0 fully saturated rings. The van der Waals surface area contributed by atoms with Gasteiger partial charge in [-0.05, 0) is 22.6 Å². The number of Topliss-reactive ketones (excluding diaryl/α,β-unsaturated/α-hetero) is 1. The first-order valence-electron chi connectivity index (χ1n) is 4.46. The Morgan fingerprint density at radius 3 is 2.19 bits per heavy atom. The Labute approximate surface area is 105 Å². The lowest BCUT2D eigenvalue weighted by Gasteiger charge is -1.99. The van der Waals surface area contributed by atoms with Crippen LogP contribution in [0.1, 0.15) is 10.4 Å². The van der Waals surface area contributed by atoms with Crippen molar-refractivity contribution in [3.63, 3.8) is 0 Å². The molecule has 0 bridgehead atoms. The fourth-order valence-corrected chi connectivity index (χ4v) is 2.00. The van der Waals surface area contributed by atoms with Crippen LogP contribution in [0.3, 0.4) is 0 Å². The largest absolute Gasteiger partial charge is 0.288 e. The maximum atomic E-state index is 11.9. The van der Waals surface area contributed by atoms with Gasteiger partial charge in [-0.3, -0.25) is 19.7 Å². The van der Waals surface area contributed by atoms with E-state index in [0.717, 1.165) is 0 Å². The number of rotatable bonds is 2. The molecule has 0 unspecified atom stereocenters. The Morgan fingerprint density at radius 1 is 1.06 bits per heavy atom. The van der Waals surface area contributed by atoms with E-state index >= 15 is 0 Å². The minimum atomic E-state index is -0.622. The number of benzene rings is 1. The molecule has 2 rings (SSSR count). The summed E-state index contributed by atoms with van der Waals surface area (Å²) in [5.41, 5.74) is 0.327. The van der Waals surface area contributed by atoms with Crippen LogP contribution in [0.5, 0.6) is 0 Å². The minimum Gasteiger partial charge on any atom is -0.288 e. The lowest BCUT2D eigenvalue weighted by molar-refractivity contribution is -0.123. The molecule has 2 amide bonds. The molecule has 1 aromatic carbocycles. The summed E-state index contributed by atoms with van der Waals surface area (Å²) in [5.74, 6) is -1.55. The third-order valence-corrected chi connectivity index (χ3v) is 3.17. The highest BCUT2D eigenvalue weighted by molar-refractivity contribution is 14.1. The Bertz CT molecular complexity index is 519. The number of ketones is 1. The average molecular weight is 327 g/mol. The van der Waals surface area contributed by atoms with Crippen molar-refractivity contribution in [1.29, 1.82) is 0 Å². The smallest absolute Gasteiger partial charge is 0.265 e. The lowest BCUT2D eigenvalue weighted by Crippen LogP contribution is -2.24. The molecular weight excluding hydrogens is 321 g/mol. The van der Waals surface area contributed by atoms with Gasteiger partial charge < -0.3 is 0 Å². The second-order valence-corrected chi connectivity index (χ2v) is 4.25. The van der Waals surface area contributed by atoms with Crippen molar-refractivity contribution in [3.8, 4) is 0 Å². The summed E-state index contributed by atoms with van der Waals surface area (Å²) in [6.07, 6.45) is 0. The van der Waals surface area contributed by atoms with Crippen molar-refractivity contribution < 1.29 is 14.4 Å². The van der Waals surface area contributed by atoms with Crippen LogP contribution in [0, 0.1) is 0 Å². The molecule has 0 saturated carbocycles. The predicted octanol–water partition coefficient (Wildman–Crippen LogP) is 1.21. The van der Waals surface area contributed by atoms with Crippen LogP contribution in [0.4, 0.5) is 0 Å². The normalized spacial score (nSPS) is 15.3. The molecule has 16 heavy (non-hydrogen) atoms. The number of halogens is 1. The van der Waals surface area contributed by atoms with Crippen LogP contribution in [-0.2, 0) is 9.59 Å². The Balaban J connectivity index is 2.44. The number of carbonyl (C=O) groups is 3. The third kappa shape index (κ3) is 1.78. The van der Waals surface area contributed by atoms with E-state index in [-0.39, 0.29) is 9.15 Å². The zero-order valence-corrected chi connectivity index (χ0v) is 10.1. The van der Waals surface area contributed by atoms with E-state index in [4.69, 9.17) is 0 Å². The van der Waals surface area contributed by atoms with Gasteiger partial charge in [0.15, 0.2) is 5.78 Å². The van der Waals surface area contributed by atoms with E-state index in [1.165, 1.54) is 0 Å². The molecule has 1 aromatic rings. The first-order valence-corrected chi connectivity index (χ1v) is 5.54. The topological polar surface area (TPSA) is 63.2 Å². The first kappa shape index (κ1) is 11.0. The number of nitrogens with one attached hydrogen (secondary N) is 1. The second-order valence-electron chi connectivity index (χ2n) is 3.17. The van der Waals surface area contributed by atoms with Crippen molar-refractivity contribution in [2.75, 3.05) is 0 Å². The monoisotopic (exact) mass is 327 g/mol. The van der Waals surface area contributed by atoms with Gasteiger partial charge in [-0.15, -0.1) is 0 Å². The summed E-state index contributed by atoms with van der Waals surface area (Å²) < 4.78 is 0.149. The van der Waals surface area contributed by atoms with E-state index in [2.05, 4.69) is 5.32 Å². The summed E-state index contributed by atoms with van der Waals surface area (Å²) in [4.78, 5) is 34.5. The highest BCUT2D eigenvalue weighted by Crippen LogP contribution is 2.22. The second kappa shape index (κ2) is 4.17. The van der Waals surface area contributed by atoms with Gasteiger partial charge in [0, 0.05) is 5.56 Å². The van der Waals surface area contributed by atoms with E-state index < -0.39 is 17.6 Å². The number of hydrogen-bond donors (Lipinski definition) is 1. The van der Waals surface area contributed by atoms with Gasteiger partial charge in [0.25, 0.3) is 11.8 Å². The zero-order valence-electron chi connectivity index (χ0n) is 7.99.